The smallest absolute Gasteiger partial charge is 0.228 e. The van der Waals surface area contributed by atoms with Gasteiger partial charge in [-0.2, -0.15) is 4.98 Å². The van der Waals surface area contributed by atoms with Crippen molar-refractivity contribution in [1.29, 1.82) is 0 Å². The van der Waals surface area contributed by atoms with E-state index in [4.69, 9.17) is 4.74 Å². The maximum atomic E-state index is 11.3. The molecule has 1 aromatic rings. The molecule has 0 bridgehead atoms. The second kappa shape index (κ2) is 5.66. The van der Waals surface area contributed by atoms with Crippen LogP contribution in [0.15, 0.2) is 12.3 Å². The molecular formula is C12H18N4O2. The van der Waals surface area contributed by atoms with Crippen LogP contribution in [0, 0.1) is 5.92 Å². The van der Waals surface area contributed by atoms with Crippen LogP contribution in [0.1, 0.15) is 12.8 Å². The van der Waals surface area contributed by atoms with E-state index in [1.165, 1.54) is 0 Å². The van der Waals surface area contributed by atoms with E-state index in [9.17, 15) is 4.79 Å². The molecule has 1 N–H and O–H groups in total. The molecule has 1 amide bonds. The molecule has 0 saturated carbocycles. The van der Waals surface area contributed by atoms with Crippen LogP contribution in [0.3, 0.4) is 0 Å². The second-order valence-electron chi connectivity index (χ2n) is 4.38. The van der Waals surface area contributed by atoms with Crippen molar-refractivity contribution in [2.24, 2.45) is 5.92 Å². The normalized spacial score (nSPS) is 18.8. The summed E-state index contributed by atoms with van der Waals surface area (Å²) in [6.45, 7) is 1.70. The van der Waals surface area contributed by atoms with Crippen LogP contribution in [0.5, 0.6) is 5.88 Å². The number of methoxy groups -OCH3 is 1. The van der Waals surface area contributed by atoms with Crippen LogP contribution < -0.4 is 15.0 Å². The predicted molar refractivity (Wildman–Crippen MR) is 67.6 cm³/mol. The topological polar surface area (TPSA) is 67.4 Å². The van der Waals surface area contributed by atoms with Gasteiger partial charge in [-0.3, -0.25) is 4.79 Å². The first kappa shape index (κ1) is 12.6. The minimum Gasteiger partial charge on any atom is -0.481 e. The highest BCUT2D eigenvalue weighted by Gasteiger charge is 2.26. The fourth-order valence-corrected chi connectivity index (χ4v) is 2.14. The fourth-order valence-electron chi connectivity index (χ4n) is 2.14. The molecule has 1 unspecified atom stereocenters. The maximum Gasteiger partial charge on any atom is 0.228 e. The Hall–Kier alpha value is -1.85. The van der Waals surface area contributed by atoms with E-state index in [1.54, 1.807) is 26.4 Å². The lowest BCUT2D eigenvalue weighted by molar-refractivity contribution is -0.121. The molecule has 2 heterocycles. The number of nitrogens with one attached hydrogen (secondary N) is 1. The summed E-state index contributed by atoms with van der Waals surface area (Å²) >= 11 is 0. The molecule has 0 aromatic carbocycles. The molecule has 0 aliphatic carbocycles. The van der Waals surface area contributed by atoms with Gasteiger partial charge in [0.25, 0.3) is 0 Å². The Morgan fingerprint density at radius 1 is 1.67 bits per heavy atom. The van der Waals surface area contributed by atoms with E-state index in [0.29, 0.717) is 24.2 Å². The third-order valence-corrected chi connectivity index (χ3v) is 3.15. The minimum absolute atomic E-state index is 0.0911. The van der Waals surface area contributed by atoms with E-state index in [2.05, 4.69) is 20.2 Å². The number of carbonyl (C=O) groups excluding carboxylic acids is 1. The van der Waals surface area contributed by atoms with Crippen LogP contribution >= 0.6 is 0 Å². The van der Waals surface area contributed by atoms with Crippen molar-refractivity contribution in [2.45, 2.75) is 12.8 Å². The van der Waals surface area contributed by atoms with Gasteiger partial charge in [0.2, 0.25) is 17.7 Å². The van der Waals surface area contributed by atoms with Crippen molar-refractivity contribution in [1.82, 2.24) is 15.3 Å². The zero-order valence-electron chi connectivity index (χ0n) is 10.7. The molecule has 6 nitrogen and oxygen atoms in total. The van der Waals surface area contributed by atoms with E-state index >= 15 is 0 Å². The Kier molecular flexibility index (Phi) is 3.96. The fraction of sp³-hybridized carbons (Fsp3) is 0.583. The van der Waals surface area contributed by atoms with Crippen LogP contribution in [0.4, 0.5) is 5.95 Å². The number of nitrogens with zero attached hydrogens (tertiary/aromatic N) is 3. The van der Waals surface area contributed by atoms with E-state index in [1.807, 2.05) is 0 Å². The predicted octanol–water partition coefficient (Wildman–Crippen LogP) is 0.448. The van der Waals surface area contributed by atoms with Crippen LogP contribution in [0.25, 0.3) is 0 Å². The van der Waals surface area contributed by atoms with Gasteiger partial charge in [-0.1, -0.05) is 0 Å². The number of ether oxygens (including phenoxy) is 1. The van der Waals surface area contributed by atoms with E-state index in [0.717, 1.165) is 19.5 Å². The van der Waals surface area contributed by atoms with Crippen LogP contribution in [-0.2, 0) is 4.79 Å². The second-order valence-corrected chi connectivity index (χ2v) is 4.38. The molecule has 1 aliphatic rings. The van der Waals surface area contributed by atoms with Crippen LogP contribution in [-0.4, -0.2) is 43.1 Å². The molecule has 6 heteroatoms. The average molecular weight is 250 g/mol. The highest BCUT2D eigenvalue weighted by Crippen LogP contribution is 2.23. The van der Waals surface area contributed by atoms with Gasteiger partial charge in [0.05, 0.1) is 7.11 Å². The first-order valence-electron chi connectivity index (χ1n) is 6.05. The zero-order chi connectivity index (χ0) is 13.0. The first-order valence-corrected chi connectivity index (χ1v) is 6.05. The van der Waals surface area contributed by atoms with Crippen molar-refractivity contribution < 1.29 is 9.53 Å². The molecule has 1 saturated heterocycles. The Labute approximate surface area is 106 Å². The lowest BCUT2D eigenvalue weighted by atomic mass is 10.1. The molecule has 1 aliphatic heterocycles. The highest BCUT2D eigenvalue weighted by molar-refractivity contribution is 5.75. The molecule has 18 heavy (non-hydrogen) atoms. The zero-order valence-corrected chi connectivity index (χ0v) is 10.7. The minimum atomic E-state index is 0.0911. The van der Waals surface area contributed by atoms with Crippen molar-refractivity contribution in [2.75, 3.05) is 32.1 Å². The molecule has 2 rings (SSSR count). The summed E-state index contributed by atoms with van der Waals surface area (Å²) in [6.07, 6.45) is 3.25. The Bertz CT molecular complexity index is 424. The van der Waals surface area contributed by atoms with E-state index < -0.39 is 0 Å². The van der Waals surface area contributed by atoms with Gasteiger partial charge in [-0.05, 0) is 12.3 Å². The van der Waals surface area contributed by atoms with Crippen molar-refractivity contribution in [3.8, 4) is 5.88 Å². The maximum absolute atomic E-state index is 11.3. The number of amides is 1. The Morgan fingerprint density at radius 3 is 3.22 bits per heavy atom. The van der Waals surface area contributed by atoms with Gasteiger partial charge in [0, 0.05) is 38.8 Å². The largest absolute Gasteiger partial charge is 0.481 e. The standard InChI is InChI=1S/C12H18N4O2/c1-13-10(17)7-9-4-6-16(8-9)12-14-5-3-11(15-12)18-2/h3,5,9H,4,6-8H2,1-2H3,(H,13,17). The summed E-state index contributed by atoms with van der Waals surface area (Å²) in [5.74, 6) is 1.71. The first-order chi connectivity index (χ1) is 8.72. The molecule has 1 fully saturated rings. The lowest BCUT2D eigenvalue weighted by Gasteiger charge is -2.16. The summed E-state index contributed by atoms with van der Waals surface area (Å²) in [4.78, 5) is 22.0. The lowest BCUT2D eigenvalue weighted by Crippen LogP contribution is -2.25. The number of hydrogen-bond acceptors (Lipinski definition) is 5. The van der Waals surface area contributed by atoms with Crippen molar-refractivity contribution >= 4 is 11.9 Å². The molecular weight excluding hydrogens is 232 g/mol. The Balaban J connectivity index is 1.97. The molecule has 1 atom stereocenters. The molecule has 1 aromatic heterocycles. The SMILES string of the molecule is CNC(=O)CC1CCN(c2nccc(OC)n2)C1. The van der Waals surface area contributed by atoms with Crippen LogP contribution in [0.2, 0.25) is 0 Å². The molecule has 98 valence electrons. The summed E-state index contributed by atoms with van der Waals surface area (Å²) < 4.78 is 5.08. The Morgan fingerprint density at radius 2 is 2.50 bits per heavy atom. The summed E-state index contributed by atoms with van der Waals surface area (Å²) in [5, 5.41) is 2.66. The molecule has 0 radical (unpaired) electrons. The molecule has 0 spiro atoms. The van der Waals surface area contributed by atoms with Gasteiger partial charge in [-0.15, -0.1) is 0 Å². The van der Waals surface area contributed by atoms with Gasteiger partial charge in [0.1, 0.15) is 0 Å². The number of carbonyl (C=O) groups is 1. The van der Waals surface area contributed by atoms with E-state index in [-0.39, 0.29) is 5.91 Å². The van der Waals surface area contributed by atoms with Crippen molar-refractivity contribution in [3.63, 3.8) is 0 Å². The average Bonchev–Trinajstić information content (AvgIpc) is 2.87. The summed E-state index contributed by atoms with van der Waals surface area (Å²) in [7, 11) is 3.25. The van der Waals surface area contributed by atoms with Gasteiger partial charge >= 0.3 is 0 Å². The number of anilines is 1. The summed E-state index contributed by atoms with van der Waals surface area (Å²) in [6, 6.07) is 1.72. The summed E-state index contributed by atoms with van der Waals surface area (Å²) in [5.41, 5.74) is 0. The van der Waals surface area contributed by atoms with Gasteiger partial charge < -0.3 is 15.0 Å². The number of rotatable bonds is 4. The monoisotopic (exact) mass is 250 g/mol. The highest BCUT2D eigenvalue weighted by atomic mass is 16.5. The third kappa shape index (κ3) is 2.88. The third-order valence-electron chi connectivity index (χ3n) is 3.15. The van der Waals surface area contributed by atoms with Crippen molar-refractivity contribution in [3.05, 3.63) is 12.3 Å². The van der Waals surface area contributed by atoms with Gasteiger partial charge in [0.15, 0.2) is 0 Å². The quantitative estimate of drug-likeness (QED) is 0.840. The number of aromatic nitrogens is 2. The van der Waals surface area contributed by atoms with Gasteiger partial charge in [-0.25, -0.2) is 4.98 Å². The number of hydrogen-bond donors (Lipinski definition) is 1.